The lowest BCUT2D eigenvalue weighted by molar-refractivity contribution is -0.137. The predicted molar refractivity (Wildman–Crippen MR) is 79.3 cm³/mol. The lowest BCUT2D eigenvalue weighted by atomic mass is 10.1. The van der Waals surface area contributed by atoms with E-state index in [2.05, 4.69) is 10.1 Å². The predicted octanol–water partition coefficient (Wildman–Crippen LogP) is 2.59. The van der Waals surface area contributed by atoms with E-state index in [1.54, 1.807) is 24.3 Å². The van der Waals surface area contributed by atoms with E-state index in [1.165, 1.54) is 19.4 Å². The van der Waals surface area contributed by atoms with Gasteiger partial charge in [0.15, 0.2) is 5.78 Å². The van der Waals surface area contributed by atoms with Gasteiger partial charge < -0.3 is 10.1 Å². The van der Waals surface area contributed by atoms with Crippen molar-refractivity contribution < 1.29 is 14.3 Å². The number of carbonyl (C=O) groups excluding carboxylic acids is 2. The standard InChI is InChI=1S/C15H16ClNO3/c1-3-17-10-13(15(19)20-2)14(18)8-7-11-5-4-6-12(16)9-11/h4-10,17H,3H2,1-2H3. The summed E-state index contributed by atoms with van der Waals surface area (Å²) in [6.07, 6.45) is 4.26. The Kier molecular flexibility index (Phi) is 6.53. The maximum Gasteiger partial charge on any atom is 0.343 e. The summed E-state index contributed by atoms with van der Waals surface area (Å²) in [5.41, 5.74) is 0.728. The molecular weight excluding hydrogens is 278 g/mol. The fraction of sp³-hybridized carbons (Fsp3) is 0.200. The number of ether oxygens (including phenoxy) is 1. The van der Waals surface area contributed by atoms with Gasteiger partial charge in [-0.05, 0) is 30.7 Å². The van der Waals surface area contributed by atoms with Crippen molar-refractivity contribution in [1.29, 1.82) is 0 Å². The molecule has 0 aliphatic heterocycles. The molecule has 0 heterocycles. The molecule has 4 nitrogen and oxygen atoms in total. The van der Waals surface area contributed by atoms with E-state index in [0.717, 1.165) is 5.56 Å². The maximum absolute atomic E-state index is 12.0. The highest BCUT2D eigenvalue weighted by Gasteiger charge is 2.16. The molecule has 0 amide bonds. The molecule has 0 atom stereocenters. The summed E-state index contributed by atoms with van der Waals surface area (Å²) in [7, 11) is 1.23. The largest absolute Gasteiger partial charge is 0.465 e. The molecule has 0 spiro atoms. The molecule has 20 heavy (non-hydrogen) atoms. The highest BCUT2D eigenvalue weighted by molar-refractivity contribution is 6.30. The number of hydrogen-bond donors (Lipinski definition) is 1. The first kappa shape index (κ1) is 16.0. The number of hydrogen-bond acceptors (Lipinski definition) is 4. The Bertz CT molecular complexity index is 550. The average molecular weight is 294 g/mol. The van der Waals surface area contributed by atoms with Crippen LogP contribution in [0.2, 0.25) is 5.02 Å². The third-order valence-electron chi connectivity index (χ3n) is 2.40. The maximum atomic E-state index is 12.0. The lowest BCUT2D eigenvalue weighted by Crippen LogP contribution is -2.17. The zero-order chi connectivity index (χ0) is 15.0. The van der Waals surface area contributed by atoms with Crippen LogP contribution >= 0.6 is 11.6 Å². The smallest absolute Gasteiger partial charge is 0.343 e. The van der Waals surface area contributed by atoms with Crippen LogP contribution in [0, 0.1) is 0 Å². The molecule has 1 rings (SSSR count). The Morgan fingerprint density at radius 3 is 2.75 bits per heavy atom. The van der Waals surface area contributed by atoms with Crippen molar-refractivity contribution >= 4 is 29.4 Å². The molecule has 5 heteroatoms. The van der Waals surface area contributed by atoms with E-state index < -0.39 is 11.8 Å². The molecule has 1 aromatic rings. The minimum absolute atomic E-state index is 0.0485. The topological polar surface area (TPSA) is 55.4 Å². The third kappa shape index (κ3) is 4.90. The Labute approximate surface area is 123 Å². The van der Waals surface area contributed by atoms with Crippen molar-refractivity contribution in [3.63, 3.8) is 0 Å². The van der Waals surface area contributed by atoms with Gasteiger partial charge in [0, 0.05) is 17.8 Å². The number of esters is 1. The Balaban J connectivity index is 2.88. The number of ketones is 1. The number of benzene rings is 1. The SMILES string of the molecule is CCNC=C(C(=O)C=Cc1cccc(Cl)c1)C(=O)OC. The molecule has 0 aromatic heterocycles. The Hall–Kier alpha value is -2.07. The molecule has 0 bridgehead atoms. The van der Waals surface area contributed by atoms with Crippen LogP contribution in [-0.4, -0.2) is 25.4 Å². The molecule has 0 unspecified atom stereocenters. The van der Waals surface area contributed by atoms with Gasteiger partial charge in [-0.25, -0.2) is 4.79 Å². The number of nitrogens with one attached hydrogen (secondary N) is 1. The summed E-state index contributed by atoms with van der Waals surface area (Å²) >= 11 is 5.85. The van der Waals surface area contributed by atoms with Crippen molar-refractivity contribution in [2.75, 3.05) is 13.7 Å². The highest BCUT2D eigenvalue weighted by atomic mass is 35.5. The normalized spacial score (nSPS) is 11.4. The van der Waals surface area contributed by atoms with Crippen molar-refractivity contribution in [3.8, 4) is 0 Å². The Morgan fingerprint density at radius 2 is 2.15 bits per heavy atom. The highest BCUT2D eigenvalue weighted by Crippen LogP contribution is 2.12. The van der Waals surface area contributed by atoms with Gasteiger partial charge in [-0.2, -0.15) is 0 Å². The minimum atomic E-state index is -0.674. The molecule has 0 saturated carbocycles. The quantitative estimate of drug-likeness (QED) is 0.379. The summed E-state index contributed by atoms with van der Waals surface area (Å²) < 4.78 is 4.58. The summed E-state index contributed by atoms with van der Waals surface area (Å²) in [4.78, 5) is 23.5. The van der Waals surface area contributed by atoms with E-state index in [9.17, 15) is 9.59 Å². The van der Waals surface area contributed by atoms with Crippen LogP contribution < -0.4 is 5.32 Å². The fourth-order valence-electron chi connectivity index (χ4n) is 1.42. The second-order valence-electron chi connectivity index (χ2n) is 3.86. The monoisotopic (exact) mass is 293 g/mol. The Morgan fingerprint density at radius 1 is 1.40 bits per heavy atom. The van der Waals surface area contributed by atoms with E-state index in [-0.39, 0.29) is 5.57 Å². The summed E-state index contributed by atoms with van der Waals surface area (Å²) in [5.74, 6) is -1.11. The number of rotatable bonds is 6. The van der Waals surface area contributed by atoms with Gasteiger partial charge in [0.25, 0.3) is 0 Å². The molecule has 0 saturated heterocycles. The van der Waals surface area contributed by atoms with Gasteiger partial charge >= 0.3 is 5.97 Å². The molecule has 1 aromatic carbocycles. The van der Waals surface area contributed by atoms with Crippen molar-refractivity contribution in [2.45, 2.75) is 6.92 Å². The van der Waals surface area contributed by atoms with E-state index >= 15 is 0 Å². The molecule has 1 N–H and O–H groups in total. The van der Waals surface area contributed by atoms with E-state index in [1.807, 2.05) is 13.0 Å². The zero-order valence-corrected chi connectivity index (χ0v) is 12.1. The van der Waals surface area contributed by atoms with Crippen molar-refractivity contribution in [2.24, 2.45) is 0 Å². The molecule has 0 aliphatic rings. The first-order chi connectivity index (χ1) is 9.58. The van der Waals surface area contributed by atoms with Crippen LogP contribution in [0.3, 0.4) is 0 Å². The van der Waals surface area contributed by atoms with Crippen LogP contribution in [0.5, 0.6) is 0 Å². The number of halogens is 1. The summed E-state index contributed by atoms with van der Waals surface area (Å²) in [6.45, 7) is 2.46. The van der Waals surface area contributed by atoms with Gasteiger partial charge in [-0.3, -0.25) is 4.79 Å². The van der Waals surface area contributed by atoms with Gasteiger partial charge in [-0.15, -0.1) is 0 Å². The van der Waals surface area contributed by atoms with E-state index in [0.29, 0.717) is 11.6 Å². The zero-order valence-electron chi connectivity index (χ0n) is 11.4. The number of methoxy groups -OCH3 is 1. The lowest BCUT2D eigenvalue weighted by Gasteiger charge is -2.02. The molecule has 0 radical (unpaired) electrons. The first-order valence-corrected chi connectivity index (χ1v) is 6.46. The van der Waals surface area contributed by atoms with Gasteiger partial charge in [0.2, 0.25) is 0 Å². The van der Waals surface area contributed by atoms with Crippen LogP contribution in [0.1, 0.15) is 12.5 Å². The summed E-state index contributed by atoms with van der Waals surface area (Å²) in [5, 5.41) is 3.39. The van der Waals surface area contributed by atoms with Gasteiger partial charge in [-0.1, -0.05) is 29.8 Å². The molecule has 0 aliphatic carbocycles. The molecule has 0 fully saturated rings. The van der Waals surface area contributed by atoms with Crippen LogP contribution in [0.15, 0.2) is 42.1 Å². The minimum Gasteiger partial charge on any atom is -0.465 e. The van der Waals surface area contributed by atoms with Gasteiger partial charge in [0.05, 0.1) is 7.11 Å². The fourth-order valence-corrected chi connectivity index (χ4v) is 1.62. The number of allylic oxidation sites excluding steroid dienone is 1. The van der Waals surface area contributed by atoms with Crippen LogP contribution in [0.4, 0.5) is 0 Å². The van der Waals surface area contributed by atoms with Crippen molar-refractivity contribution in [3.05, 3.63) is 52.7 Å². The average Bonchev–Trinajstić information content (AvgIpc) is 2.45. The van der Waals surface area contributed by atoms with E-state index in [4.69, 9.17) is 11.6 Å². The number of carbonyl (C=O) groups is 2. The third-order valence-corrected chi connectivity index (χ3v) is 2.63. The second-order valence-corrected chi connectivity index (χ2v) is 4.30. The second kappa shape index (κ2) is 8.17. The summed E-state index contributed by atoms with van der Waals surface area (Å²) in [6, 6.07) is 7.05. The van der Waals surface area contributed by atoms with Crippen molar-refractivity contribution in [1.82, 2.24) is 5.32 Å². The van der Waals surface area contributed by atoms with Gasteiger partial charge in [0.1, 0.15) is 5.57 Å². The molecule has 106 valence electrons. The van der Waals surface area contributed by atoms with Crippen LogP contribution in [-0.2, 0) is 14.3 Å². The first-order valence-electron chi connectivity index (χ1n) is 6.08. The van der Waals surface area contributed by atoms with Crippen LogP contribution in [0.25, 0.3) is 6.08 Å². The molecular formula is C15H16ClNO3.